The molecule has 0 spiro atoms. The van der Waals surface area contributed by atoms with Crippen molar-refractivity contribution >= 4 is 23.5 Å². The second-order valence-electron chi connectivity index (χ2n) is 4.44. The van der Waals surface area contributed by atoms with Gasteiger partial charge in [-0.2, -0.15) is 0 Å². The highest BCUT2D eigenvalue weighted by Crippen LogP contribution is 2.10. The summed E-state index contributed by atoms with van der Waals surface area (Å²) in [5, 5.41) is 14.0. The van der Waals surface area contributed by atoms with Crippen LogP contribution in [-0.4, -0.2) is 28.9 Å². The van der Waals surface area contributed by atoms with Gasteiger partial charge in [-0.3, -0.25) is 14.4 Å². The first-order valence-corrected chi connectivity index (χ1v) is 6.32. The quantitative estimate of drug-likeness (QED) is 0.737. The molecule has 6 heteroatoms. The molecule has 0 bridgehead atoms. The van der Waals surface area contributed by atoms with E-state index in [9.17, 15) is 14.4 Å². The summed E-state index contributed by atoms with van der Waals surface area (Å²) >= 11 is 0. The standard InChI is InChI=1S/C14H18N2O4/c1-3-11(8-13(18)19)16-14(20)10-4-6-12(7-5-10)15-9(2)17/h4-7,11H,3,8H2,1-2H3,(H,15,17)(H,16,20)(H,18,19). The van der Waals surface area contributed by atoms with E-state index in [1.165, 1.54) is 6.92 Å². The molecule has 0 saturated carbocycles. The lowest BCUT2D eigenvalue weighted by atomic mass is 10.1. The highest BCUT2D eigenvalue weighted by Gasteiger charge is 2.15. The van der Waals surface area contributed by atoms with Gasteiger partial charge in [0.2, 0.25) is 5.91 Å². The van der Waals surface area contributed by atoms with Crippen molar-refractivity contribution < 1.29 is 19.5 Å². The topological polar surface area (TPSA) is 95.5 Å². The third kappa shape index (κ3) is 5.09. The minimum atomic E-state index is -0.946. The average molecular weight is 278 g/mol. The Morgan fingerprint density at radius 3 is 2.25 bits per heavy atom. The molecule has 3 N–H and O–H groups in total. The minimum absolute atomic E-state index is 0.105. The summed E-state index contributed by atoms with van der Waals surface area (Å²) in [7, 11) is 0. The van der Waals surface area contributed by atoms with Crippen LogP contribution < -0.4 is 10.6 Å². The normalized spacial score (nSPS) is 11.5. The molecule has 0 saturated heterocycles. The number of benzene rings is 1. The number of carbonyl (C=O) groups is 3. The van der Waals surface area contributed by atoms with Crippen LogP contribution in [0, 0.1) is 0 Å². The molecule has 20 heavy (non-hydrogen) atoms. The van der Waals surface area contributed by atoms with E-state index in [1.54, 1.807) is 24.3 Å². The van der Waals surface area contributed by atoms with Gasteiger partial charge in [-0.05, 0) is 30.7 Å². The lowest BCUT2D eigenvalue weighted by molar-refractivity contribution is -0.137. The molecule has 0 radical (unpaired) electrons. The Balaban J connectivity index is 2.67. The van der Waals surface area contributed by atoms with Gasteiger partial charge in [0.15, 0.2) is 0 Å². The number of carbonyl (C=O) groups excluding carboxylic acids is 2. The van der Waals surface area contributed by atoms with E-state index in [4.69, 9.17) is 5.11 Å². The number of carboxylic acids is 1. The third-order valence-corrected chi connectivity index (χ3v) is 2.72. The van der Waals surface area contributed by atoms with Crippen molar-refractivity contribution in [3.05, 3.63) is 29.8 Å². The molecule has 0 aliphatic rings. The van der Waals surface area contributed by atoms with E-state index in [-0.39, 0.29) is 18.2 Å². The van der Waals surface area contributed by atoms with Crippen LogP contribution in [0.3, 0.4) is 0 Å². The smallest absolute Gasteiger partial charge is 0.305 e. The summed E-state index contributed by atoms with van der Waals surface area (Å²) in [4.78, 5) is 33.5. The zero-order valence-electron chi connectivity index (χ0n) is 11.5. The van der Waals surface area contributed by atoms with Crippen LogP contribution in [0.2, 0.25) is 0 Å². The lowest BCUT2D eigenvalue weighted by Crippen LogP contribution is -2.36. The molecule has 1 rings (SSSR count). The fourth-order valence-electron chi connectivity index (χ4n) is 1.69. The van der Waals surface area contributed by atoms with Crippen molar-refractivity contribution in [2.45, 2.75) is 32.7 Å². The Hall–Kier alpha value is -2.37. The first-order valence-electron chi connectivity index (χ1n) is 6.32. The third-order valence-electron chi connectivity index (χ3n) is 2.72. The first-order chi connectivity index (χ1) is 9.42. The van der Waals surface area contributed by atoms with Crippen molar-refractivity contribution in [1.82, 2.24) is 5.32 Å². The summed E-state index contributed by atoms with van der Waals surface area (Å²) in [6, 6.07) is 6.00. The predicted octanol–water partition coefficient (Wildman–Crippen LogP) is 1.63. The Morgan fingerprint density at radius 1 is 1.20 bits per heavy atom. The predicted molar refractivity (Wildman–Crippen MR) is 74.5 cm³/mol. The Kier molecular flexibility index (Phi) is 5.71. The summed E-state index contributed by atoms with van der Waals surface area (Å²) in [5.41, 5.74) is 1.02. The number of hydrogen-bond donors (Lipinski definition) is 3. The SMILES string of the molecule is CCC(CC(=O)O)NC(=O)c1ccc(NC(C)=O)cc1. The largest absolute Gasteiger partial charge is 0.481 e. The minimum Gasteiger partial charge on any atom is -0.481 e. The van der Waals surface area contributed by atoms with E-state index in [0.29, 0.717) is 17.7 Å². The monoisotopic (exact) mass is 278 g/mol. The molecular formula is C14H18N2O4. The zero-order chi connectivity index (χ0) is 15.1. The van der Waals surface area contributed by atoms with Crippen LogP contribution in [0.15, 0.2) is 24.3 Å². The van der Waals surface area contributed by atoms with Crippen molar-refractivity contribution in [3.63, 3.8) is 0 Å². The van der Waals surface area contributed by atoms with Gasteiger partial charge in [0, 0.05) is 24.2 Å². The summed E-state index contributed by atoms with van der Waals surface area (Å²) in [5.74, 6) is -1.46. The van der Waals surface area contributed by atoms with E-state index < -0.39 is 12.0 Å². The number of aliphatic carboxylic acids is 1. The van der Waals surface area contributed by atoms with Crippen LogP contribution in [-0.2, 0) is 9.59 Å². The second kappa shape index (κ2) is 7.28. The molecule has 6 nitrogen and oxygen atoms in total. The number of carboxylic acid groups (broad SMARTS) is 1. The Morgan fingerprint density at radius 2 is 1.80 bits per heavy atom. The van der Waals surface area contributed by atoms with Gasteiger partial charge in [0.25, 0.3) is 5.91 Å². The van der Waals surface area contributed by atoms with Gasteiger partial charge in [-0.1, -0.05) is 6.92 Å². The number of amides is 2. The maximum absolute atomic E-state index is 11.9. The molecule has 1 atom stereocenters. The highest BCUT2D eigenvalue weighted by atomic mass is 16.4. The van der Waals surface area contributed by atoms with Gasteiger partial charge in [-0.25, -0.2) is 0 Å². The van der Waals surface area contributed by atoms with E-state index in [1.807, 2.05) is 6.92 Å². The number of anilines is 1. The van der Waals surface area contributed by atoms with Crippen LogP contribution in [0.5, 0.6) is 0 Å². The van der Waals surface area contributed by atoms with Crippen molar-refractivity contribution in [3.8, 4) is 0 Å². The van der Waals surface area contributed by atoms with Crippen molar-refractivity contribution in [2.24, 2.45) is 0 Å². The molecule has 0 aromatic heterocycles. The van der Waals surface area contributed by atoms with Gasteiger partial charge in [-0.15, -0.1) is 0 Å². The van der Waals surface area contributed by atoms with Crippen LogP contribution in [0.25, 0.3) is 0 Å². The summed E-state index contributed by atoms with van der Waals surface area (Å²) < 4.78 is 0. The fourth-order valence-corrected chi connectivity index (χ4v) is 1.69. The summed E-state index contributed by atoms with van der Waals surface area (Å²) in [6.45, 7) is 3.21. The average Bonchev–Trinajstić information content (AvgIpc) is 2.37. The molecule has 1 aromatic carbocycles. The van der Waals surface area contributed by atoms with E-state index in [2.05, 4.69) is 10.6 Å². The fraction of sp³-hybridized carbons (Fsp3) is 0.357. The van der Waals surface area contributed by atoms with E-state index in [0.717, 1.165) is 0 Å². The number of hydrogen-bond acceptors (Lipinski definition) is 3. The van der Waals surface area contributed by atoms with Crippen molar-refractivity contribution in [2.75, 3.05) is 5.32 Å². The van der Waals surface area contributed by atoms with Crippen molar-refractivity contribution in [1.29, 1.82) is 0 Å². The van der Waals surface area contributed by atoms with Gasteiger partial charge < -0.3 is 15.7 Å². The molecule has 0 fully saturated rings. The molecule has 2 amide bonds. The molecular weight excluding hydrogens is 260 g/mol. The van der Waals surface area contributed by atoms with Gasteiger partial charge in [0.1, 0.15) is 0 Å². The van der Waals surface area contributed by atoms with Crippen LogP contribution >= 0.6 is 0 Å². The molecule has 1 unspecified atom stereocenters. The Labute approximate surface area is 117 Å². The zero-order valence-corrected chi connectivity index (χ0v) is 11.5. The van der Waals surface area contributed by atoms with Crippen LogP contribution in [0.1, 0.15) is 37.0 Å². The lowest BCUT2D eigenvalue weighted by Gasteiger charge is -2.14. The number of rotatable bonds is 6. The highest BCUT2D eigenvalue weighted by molar-refractivity contribution is 5.95. The molecule has 1 aromatic rings. The molecule has 0 aliphatic carbocycles. The van der Waals surface area contributed by atoms with Gasteiger partial charge >= 0.3 is 5.97 Å². The second-order valence-corrected chi connectivity index (χ2v) is 4.44. The van der Waals surface area contributed by atoms with Crippen LogP contribution in [0.4, 0.5) is 5.69 Å². The molecule has 0 aliphatic heterocycles. The number of nitrogens with one attached hydrogen (secondary N) is 2. The molecule has 0 heterocycles. The maximum Gasteiger partial charge on any atom is 0.305 e. The first kappa shape index (κ1) is 15.7. The summed E-state index contributed by atoms with van der Waals surface area (Å²) in [6.07, 6.45) is 0.439. The van der Waals surface area contributed by atoms with Gasteiger partial charge in [0.05, 0.1) is 6.42 Å². The van der Waals surface area contributed by atoms with E-state index >= 15 is 0 Å². The molecule has 108 valence electrons. The maximum atomic E-state index is 11.9. The Bertz CT molecular complexity index is 496.